The molecule has 3 aliphatic heterocycles. The van der Waals surface area contributed by atoms with Gasteiger partial charge in [-0.05, 0) is 24.7 Å². The minimum Gasteiger partial charge on any atom is -0.381 e. The van der Waals surface area contributed by atoms with Crippen molar-refractivity contribution < 1.29 is 9.53 Å². The summed E-state index contributed by atoms with van der Waals surface area (Å²) in [6.07, 6.45) is 2.34. The van der Waals surface area contributed by atoms with E-state index >= 15 is 0 Å². The van der Waals surface area contributed by atoms with Crippen LogP contribution >= 0.6 is 0 Å². The van der Waals surface area contributed by atoms with Crippen LogP contribution in [-0.2, 0) is 9.53 Å². The molecule has 3 rings (SSSR count). The highest BCUT2D eigenvalue weighted by atomic mass is 16.5. The van der Waals surface area contributed by atoms with E-state index in [1.807, 2.05) is 4.90 Å². The topological polar surface area (TPSA) is 36.0 Å². The van der Waals surface area contributed by atoms with Crippen LogP contribution in [0.5, 0.6) is 0 Å². The fraction of sp³-hybridized carbons (Fsp3) is 0.941. The fourth-order valence-corrected chi connectivity index (χ4v) is 4.35. The molecule has 5 heteroatoms. The number of carbonyl (C=O) groups excluding carboxylic acids is 1. The molecule has 0 aliphatic carbocycles. The lowest BCUT2D eigenvalue weighted by Gasteiger charge is -2.30. The minimum absolute atomic E-state index is 0.226. The zero-order chi connectivity index (χ0) is 15.5. The van der Waals surface area contributed by atoms with Gasteiger partial charge in [-0.1, -0.05) is 6.92 Å². The highest BCUT2D eigenvalue weighted by molar-refractivity contribution is 5.73. The Bertz CT molecular complexity index is 384. The Morgan fingerprint density at radius 3 is 2.77 bits per heavy atom. The summed E-state index contributed by atoms with van der Waals surface area (Å²) in [5, 5.41) is 0. The normalized spacial score (nSPS) is 35.0. The number of likely N-dealkylation sites (tertiary alicyclic amines) is 1. The summed E-state index contributed by atoms with van der Waals surface area (Å²) >= 11 is 0. The van der Waals surface area contributed by atoms with Gasteiger partial charge >= 0.3 is 0 Å². The van der Waals surface area contributed by atoms with E-state index in [0.29, 0.717) is 6.04 Å². The van der Waals surface area contributed by atoms with E-state index in [-0.39, 0.29) is 5.91 Å². The zero-order valence-corrected chi connectivity index (χ0v) is 14.2. The SMILES string of the molecule is CC(=O)N1CCCN([C@@H]2CN(C[C@@H]3CCOC3)C[C@@H]2C)CC1. The minimum atomic E-state index is 0.226. The molecule has 22 heavy (non-hydrogen) atoms. The van der Waals surface area contributed by atoms with Gasteiger partial charge in [0.1, 0.15) is 0 Å². The molecule has 3 saturated heterocycles. The molecule has 5 nitrogen and oxygen atoms in total. The van der Waals surface area contributed by atoms with Crippen LogP contribution in [0.4, 0.5) is 0 Å². The maximum atomic E-state index is 11.6. The van der Waals surface area contributed by atoms with Gasteiger partial charge in [0.05, 0.1) is 6.61 Å². The molecule has 0 aromatic heterocycles. The number of carbonyl (C=O) groups is 1. The zero-order valence-electron chi connectivity index (χ0n) is 14.2. The lowest BCUT2D eigenvalue weighted by atomic mass is 10.0. The van der Waals surface area contributed by atoms with E-state index in [1.165, 1.54) is 26.1 Å². The van der Waals surface area contributed by atoms with Crippen molar-refractivity contribution in [3.05, 3.63) is 0 Å². The van der Waals surface area contributed by atoms with Crippen LogP contribution in [0.25, 0.3) is 0 Å². The van der Waals surface area contributed by atoms with Crippen molar-refractivity contribution in [1.82, 2.24) is 14.7 Å². The Balaban J connectivity index is 1.52. The van der Waals surface area contributed by atoms with Crippen molar-refractivity contribution in [2.75, 3.05) is 59.0 Å². The van der Waals surface area contributed by atoms with E-state index in [0.717, 1.165) is 57.6 Å². The second-order valence-electron chi connectivity index (χ2n) is 7.39. The van der Waals surface area contributed by atoms with Crippen LogP contribution in [0.2, 0.25) is 0 Å². The average molecular weight is 309 g/mol. The van der Waals surface area contributed by atoms with E-state index in [2.05, 4.69) is 16.7 Å². The number of ether oxygens (including phenoxy) is 1. The van der Waals surface area contributed by atoms with Gasteiger partial charge in [-0.3, -0.25) is 9.69 Å². The van der Waals surface area contributed by atoms with Gasteiger partial charge in [0.25, 0.3) is 0 Å². The van der Waals surface area contributed by atoms with Crippen LogP contribution in [0.3, 0.4) is 0 Å². The Morgan fingerprint density at radius 1 is 1.18 bits per heavy atom. The van der Waals surface area contributed by atoms with Crippen LogP contribution in [0.15, 0.2) is 0 Å². The van der Waals surface area contributed by atoms with Crippen molar-refractivity contribution >= 4 is 5.91 Å². The Hall–Kier alpha value is -0.650. The molecule has 0 aromatic rings. The van der Waals surface area contributed by atoms with E-state index in [4.69, 9.17) is 4.74 Å². The first kappa shape index (κ1) is 16.2. The van der Waals surface area contributed by atoms with Crippen molar-refractivity contribution in [1.29, 1.82) is 0 Å². The second kappa shape index (κ2) is 7.28. The van der Waals surface area contributed by atoms with Gasteiger partial charge in [0.15, 0.2) is 0 Å². The highest BCUT2D eigenvalue weighted by Gasteiger charge is 2.35. The van der Waals surface area contributed by atoms with Crippen LogP contribution in [0, 0.1) is 11.8 Å². The molecule has 0 spiro atoms. The Kier molecular flexibility index (Phi) is 5.37. The molecule has 3 heterocycles. The number of rotatable bonds is 3. The smallest absolute Gasteiger partial charge is 0.219 e. The molecule has 3 aliphatic rings. The maximum Gasteiger partial charge on any atom is 0.219 e. The molecule has 0 unspecified atom stereocenters. The van der Waals surface area contributed by atoms with Crippen LogP contribution in [0.1, 0.15) is 26.7 Å². The molecule has 0 radical (unpaired) electrons. The maximum absolute atomic E-state index is 11.6. The van der Waals surface area contributed by atoms with E-state index < -0.39 is 0 Å². The summed E-state index contributed by atoms with van der Waals surface area (Å²) in [6, 6.07) is 0.661. The van der Waals surface area contributed by atoms with Crippen molar-refractivity contribution in [3.8, 4) is 0 Å². The lowest BCUT2D eigenvalue weighted by Crippen LogP contribution is -2.43. The molecule has 0 aromatic carbocycles. The molecule has 0 saturated carbocycles. The highest BCUT2D eigenvalue weighted by Crippen LogP contribution is 2.25. The van der Waals surface area contributed by atoms with Gasteiger partial charge in [-0.2, -0.15) is 0 Å². The largest absolute Gasteiger partial charge is 0.381 e. The number of nitrogens with zero attached hydrogens (tertiary/aromatic N) is 3. The Morgan fingerprint density at radius 2 is 2.05 bits per heavy atom. The quantitative estimate of drug-likeness (QED) is 0.776. The van der Waals surface area contributed by atoms with Gasteiger partial charge in [-0.25, -0.2) is 0 Å². The monoisotopic (exact) mass is 309 g/mol. The van der Waals surface area contributed by atoms with Crippen LogP contribution < -0.4 is 0 Å². The summed E-state index contributed by atoms with van der Waals surface area (Å²) < 4.78 is 5.51. The van der Waals surface area contributed by atoms with Crippen LogP contribution in [-0.4, -0.2) is 85.7 Å². The molecule has 0 N–H and O–H groups in total. The first-order chi connectivity index (χ1) is 10.6. The summed E-state index contributed by atoms with van der Waals surface area (Å²) in [5.74, 6) is 1.69. The summed E-state index contributed by atoms with van der Waals surface area (Å²) in [7, 11) is 0. The molecule has 1 amide bonds. The first-order valence-corrected chi connectivity index (χ1v) is 8.93. The molecule has 3 fully saturated rings. The molecule has 0 bridgehead atoms. The third-order valence-corrected chi connectivity index (χ3v) is 5.63. The van der Waals surface area contributed by atoms with E-state index in [1.54, 1.807) is 6.92 Å². The Labute approximate surface area is 134 Å². The van der Waals surface area contributed by atoms with Crippen molar-refractivity contribution in [2.45, 2.75) is 32.7 Å². The summed E-state index contributed by atoms with van der Waals surface area (Å²) in [5.41, 5.74) is 0. The average Bonchev–Trinajstić information content (AvgIpc) is 3.03. The lowest BCUT2D eigenvalue weighted by molar-refractivity contribution is -0.128. The summed E-state index contributed by atoms with van der Waals surface area (Å²) in [4.78, 5) is 18.9. The van der Waals surface area contributed by atoms with Gasteiger partial charge in [0, 0.05) is 65.4 Å². The number of hydrogen-bond acceptors (Lipinski definition) is 4. The van der Waals surface area contributed by atoms with Gasteiger partial charge in [0.2, 0.25) is 5.91 Å². The molecule has 3 atom stereocenters. The first-order valence-electron chi connectivity index (χ1n) is 8.93. The standard InChI is InChI=1S/C17H31N3O2/c1-14-10-18(11-16-4-9-22-13-16)12-17(14)20-6-3-5-19(7-8-20)15(2)21/h14,16-17H,3-13H2,1-2H3/t14-,16-,17+/m0/s1. The van der Waals surface area contributed by atoms with Gasteiger partial charge in [-0.15, -0.1) is 0 Å². The van der Waals surface area contributed by atoms with Crippen molar-refractivity contribution in [2.24, 2.45) is 11.8 Å². The van der Waals surface area contributed by atoms with E-state index in [9.17, 15) is 4.79 Å². The number of amides is 1. The number of hydrogen-bond donors (Lipinski definition) is 0. The third-order valence-electron chi connectivity index (χ3n) is 5.63. The predicted octanol–water partition coefficient (Wildman–Crippen LogP) is 0.897. The molecular formula is C17H31N3O2. The van der Waals surface area contributed by atoms with Crippen molar-refractivity contribution in [3.63, 3.8) is 0 Å². The second-order valence-corrected chi connectivity index (χ2v) is 7.39. The predicted molar refractivity (Wildman–Crippen MR) is 86.8 cm³/mol. The van der Waals surface area contributed by atoms with Gasteiger partial charge < -0.3 is 14.5 Å². The fourth-order valence-electron chi connectivity index (χ4n) is 4.35. The summed E-state index contributed by atoms with van der Waals surface area (Å²) in [6.45, 7) is 13.6. The third kappa shape index (κ3) is 3.81. The molecule has 126 valence electrons. The molecular weight excluding hydrogens is 278 g/mol.